The van der Waals surface area contributed by atoms with Crippen LogP contribution < -0.4 is 24.8 Å². The number of amidine groups is 1. The van der Waals surface area contributed by atoms with Crippen LogP contribution in [0.1, 0.15) is 12.0 Å². The van der Waals surface area contributed by atoms with Crippen LogP contribution in [0.5, 0.6) is 17.2 Å². The van der Waals surface area contributed by atoms with Crippen molar-refractivity contribution in [2.45, 2.75) is 11.7 Å². The number of ether oxygens (including phenoxy) is 3. The summed E-state index contributed by atoms with van der Waals surface area (Å²) in [6, 6.07) is 10.4. The molecule has 1 aliphatic heterocycles. The minimum atomic E-state index is -0.661. The summed E-state index contributed by atoms with van der Waals surface area (Å²) in [6.45, 7) is 0. The second-order valence-corrected chi connectivity index (χ2v) is 8.63. The zero-order valence-electron chi connectivity index (χ0n) is 17.6. The van der Waals surface area contributed by atoms with Crippen molar-refractivity contribution in [3.63, 3.8) is 0 Å². The largest absolute Gasteiger partial charge is 0.493 e. The van der Waals surface area contributed by atoms with Crippen molar-refractivity contribution < 1.29 is 23.8 Å². The Morgan fingerprint density at radius 2 is 1.75 bits per heavy atom. The first-order valence-electron chi connectivity index (χ1n) is 9.33. The van der Waals surface area contributed by atoms with E-state index >= 15 is 0 Å². The summed E-state index contributed by atoms with van der Waals surface area (Å²) in [5.41, 5.74) is 7.09. The molecule has 0 saturated carbocycles. The first kappa shape index (κ1) is 23.6. The number of benzene rings is 2. The fraction of sp³-hybridized carbons (Fsp3) is 0.238. The van der Waals surface area contributed by atoms with Crippen LogP contribution >= 0.6 is 27.7 Å². The molecule has 1 fully saturated rings. The second-order valence-electron chi connectivity index (χ2n) is 6.50. The molecule has 9 nitrogen and oxygen atoms in total. The molecule has 0 aromatic heterocycles. The number of imide groups is 1. The van der Waals surface area contributed by atoms with Gasteiger partial charge in [0.1, 0.15) is 5.25 Å². The number of anilines is 1. The predicted octanol–water partition coefficient (Wildman–Crippen LogP) is 3.19. The molecule has 2 aromatic carbocycles. The Hall–Kier alpha value is -3.05. The predicted molar refractivity (Wildman–Crippen MR) is 128 cm³/mol. The van der Waals surface area contributed by atoms with Gasteiger partial charge in [-0.25, -0.2) is 4.90 Å². The summed E-state index contributed by atoms with van der Waals surface area (Å²) in [6.07, 6.45) is 1.50. The van der Waals surface area contributed by atoms with Gasteiger partial charge in [-0.15, -0.1) is 5.10 Å². The van der Waals surface area contributed by atoms with E-state index in [4.69, 9.17) is 19.9 Å². The maximum absolute atomic E-state index is 12.7. The van der Waals surface area contributed by atoms with Gasteiger partial charge in [0, 0.05) is 16.5 Å². The van der Waals surface area contributed by atoms with Crippen molar-refractivity contribution in [1.82, 2.24) is 0 Å². The second kappa shape index (κ2) is 10.5. The van der Waals surface area contributed by atoms with E-state index in [-0.39, 0.29) is 23.4 Å². The maximum atomic E-state index is 12.7. The molecule has 1 atom stereocenters. The molecule has 168 valence electrons. The van der Waals surface area contributed by atoms with E-state index in [1.165, 1.54) is 27.5 Å². The number of methoxy groups -OCH3 is 3. The van der Waals surface area contributed by atoms with E-state index in [1.807, 2.05) is 0 Å². The van der Waals surface area contributed by atoms with Crippen LogP contribution in [0.3, 0.4) is 0 Å². The summed E-state index contributed by atoms with van der Waals surface area (Å²) in [5, 5.41) is 7.31. The number of thioether (sulfide) groups is 1. The number of carbonyl (C=O) groups excluding carboxylic acids is 2. The van der Waals surface area contributed by atoms with E-state index < -0.39 is 5.25 Å². The summed E-state index contributed by atoms with van der Waals surface area (Å²) >= 11 is 4.34. The molecule has 11 heteroatoms. The number of amides is 2. The van der Waals surface area contributed by atoms with Crippen molar-refractivity contribution in [3.8, 4) is 17.2 Å². The van der Waals surface area contributed by atoms with Crippen LogP contribution in [-0.2, 0) is 9.59 Å². The fourth-order valence-electron chi connectivity index (χ4n) is 3.06. The molecule has 0 spiro atoms. The molecule has 2 N–H and O–H groups in total. The van der Waals surface area contributed by atoms with Gasteiger partial charge in [0.25, 0.3) is 0 Å². The topological polar surface area (TPSA) is 116 Å². The number of rotatable bonds is 7. The molecule has 0 radical (unpaired) electrons. The summed E-state index contributed by atoms with van der Waals surface area (Å²) < 4.78 is 16.7. The standard InChI is InChI=1S/C21H21BrN4O5S/c1-29-15-8-12(9-16(30-2)19(15)31-3)11-24-25-21(23)32-17-10-18(27)26(20(17)28)14-6-4-13(22)5-7-14/h4-9,11,17H,10H2,1-3H3,(H2,23,25)/b24-11-/t17-/m0/s1. The number of hydrogen-bond acceptors (Lipinski definition) is 8. The molecule has 32 heavy (non-hydrogen) atoms. The Kier molecular flexibility index (Phi) is 7.75. The minimum Gasteiger partial charge on any atom is -0.493 e. The molecule has 2 amide bonds. The van der Waals surface area contributed by atoms with Gasteiger partial charge in [0.15, 0.2) is 16.7 Å². The van der Waals surface area contributed by atoms with Gasteiger partial charge in [-0.2, -0.15) is 5.10 Å². The molecule has 0 unspecified atom stereocenters. The highest BCUT2D eigenvalue weighted by Gasteiger charge is 2.40. The van der Waals surface area contributed by atoms with E-state index in [1.54, 1.807) is 36.4 Å². The Balaban J connectivity index is 1.70. The van der Waals surface area contributed by atoms with Gasteiger partial charge in [0.2, 0.25) is 17.6 Å². The van der Waals surface area contributed by atoms with E-state index in [2.05, 4.69) is 26.1 Å². The lowest BCUT2D eigenvalue weighted by Crippen LogP contribution is -2.31. The van der Waals surface area contributed by atoms with Crippen LogP contribution in [0.2, 0.25) is 0 Å². The van der Waals surface area contributed by atoms with Crippen LogP contribution in [0.4, 0.5) is 5.69 Å². The average Bonchev–Trinajstić information content (AvgIpc) is 3.06. The first-order valence-corrected chi connectivity index (χ1v) is 11.0. The molecular formula is C21H21BrN4O5S. The Morgan fingerprint density at radius 1 is 1.12 bits per heavy atom. The Labute approximate surface area is 197 Å². The third-order valence-corrected chi connectivity index (χ3v) is 6.01. The van der Waals surface area contributed by atoms with Crippen molar-refractivity contribution >= 4 is 56.6 Å². The quantitative estimate of drug-likeness (QED) is 0.258. The highest BCUT2D eigenvalue weighted by atomic mass is 79.9. The molecule has 1 saturated heterocycles. The third kappa shape index (κ3) is 5.22. The van der Waals surface area contributed by atoms with Crippen LogP contribution in [0.15, 0.2) is 51.1 Å². The average molecular weight is 521 g/mol. The van der Waals surface area contributed by atoms with Crippen LogP contribution in [0.25, 0.3) is 0 Å². The molecule has 3 rings (SSSR count). The Morgan fingerprint density at radius 3 is 2.31 bits per heavy atom. The molecular weight excluding hydrogens is 500 g/mol. The molecule has 0 bridgehead atoms. The Bertz CT molecular complexity index is 1050. The van der Waals surface area contributed by atoms with Gasteiger partial charge in [0.05, 0.1) is 33.2 Å². The van der Waals surface area contributed by atoms with E-state index in [0.29, 0.717) is 28.5 Å². The number of carbonyl (C=O) groups is 2. The number of halogens is 1. The summed E-state index contributed by atoms with van der Waals surface area (Å²) in [5.74, 6) is 0.786. The smallest absolute Gasteiger partial charge is 0.247 e. The fourth-order valence-corrected chi connectivity index (χ4v) is 4.14. The highest BCUT2D eigenvalue weighted by Crippen LogP contribution is 2.37. The highest BCUT2D eigenvalue weighted by molar-refractivity contribution is 9.10. The molecule has 2 aromatic rings. The molecule has 1 aliphatic rings. The zero-order valence-corrected chi connectivity index (χ0v) is 20.0. The number of hydrogen-bond donors (Lipinski definition) is 1. The van der Waals surface area contributed by atoms with Gasteiger partial charge >= 0.3 is 0 Å². The van der Waals surface area contributed by atoms with Crippen molar-refractivity contribution in [1.29, 1.82) is 0 Å². The normalized spacial score (nSPS) is 16.7. The number of nitrogens with zero attached hydrogens (tertiary/aromatic N) is 3. The van der Waals surface area contributed by atoms with Crippen LogP contribution in [-0.4, -0.2) is 49.8 Å². The van der Waals surface area contributed by atoms with Gasteiger partial charge < -0.3 is 19.9 Å². The SMILES string of the molecule is COc1cc(/C=N\N=C(N)S[C@H]2CC(=O)N(c3ccc(Br)cc3)C2=O)cc(OC)c1OC. The third-order valence-electron chi connectivity index (χ3n) is 4.50. The van der Waals surface area contributed by atoms with Crippen molar-refractivity contribution in [2.24, 2.45) is 15.9 Å². The zero-order chi connectivity index (χ0) is 23.3. The van der Waals surface area contributed by atoms with Crippen molar-refractivity contribution in [2.75, 3.05) is 26.2 Å². The lowest BCUT2D eigenvalue weighted by atomic mass is 10.2. The monoisotopic (exact) mass is 520 g/mol. The summed E-state index contributed by atoms with van der Waals surface area (Å²) in [4.78, 5) is 26.3. The summed E-state index contributed by atoms with van der Waals surface area (Å²) in [7, 11) is 4.55. The van der Waals surface area contributed by atoms with Gasteiger partial charge in [-0.3, -0.25) is 9.59 Å². The first-order chi connectivity index (χ1) is 15.4. The van der Waals surface area contributed by atoms with Gasteiger partial charge in [-0.1, -0.05) is 27.7 Å². The lowest BCUT2D eigenvalue weighted by molar-refractivity contribution is -0.121. The van der Waals surface area contributed by atoms with Crippen molar-refractivity contribution in [3.05, 3.63) is 46.4 Å². The van der Waals surface area contributed by atoms with Crippen LogP contribution in [0, 0.1) is 0 Å². The maximum Gasteiger partial charge on any atom is 0.247 e. The number of nitrogens with two attached hydrogens (primary N) is 1. The van der Waals surface area contributed by atoms with E-state index in [0.717, 1.165) is 21.1 Å². The molecule has 1 heterocycles. The minimum absolute atomic E-state index is 0.0341. The van der Waals surface area contributed by atoms with E-state index in [9.17, 15) is 9.59 Å². The molecule has 0 aliphatic carbocycles. The lowest BCUT2D eigenvalue weighted by Gasteiger charge is -2.14. The van der Waals surface area contributed by atoms with Gasteiger partial charge in [-0.05, 0) is 36.4 Å².